The standard InChI is InChI=1S/C35H48N2O3Si/c1-34(2,3)40-33(38)37-24-23-29(36(7)26-28-17-11-8-12-18-28)25-30(37)27-39-41(35(4,5)6,31-19-13-9-14-20-31)32-21-15-10-16-22-32/h8-22,29-30H,23-27H2,1-7H3. The molecule has 3 aromatic rings. The van der Waals surface area contributed by atoms with Crippen LogP contribution in [0.1, 0.15) is 59.9 Å². The molecule has 1 fully saturated rings. The van der Waals surface area contributed by atoms with Crippen LogP contribution in [0.25, 0.3) is 0 Å². The zero-order valence-electron chi connectivity index (χ0n) is 26.0. The van der Waals surface area contributed by atoms with Crippen LogP contribution >= 0.6 is 0 Å². The van der Waals surface area contributed by atoms with E-state index in [1.54, 1.807) is 0 Å². The van der Waals surface area contributed by atoms with Gasteiger partial charge in [-0.3, -0.25) is 4.90 Å². The highest BCUT2D eigenvalue weighted by Gasteiger charge is 2.51. The normalized spacial score (nSPS) is 18.4. The van der Waals surface area contributed by atoms with Crippen LogP contribution in [0.5, 0.6) is 0 Å². The first kappa shape index (κ1) is 31.0. The summed E-state index contributed by atoms with van der Waals surface area (Å²) in [5, 5.41) is 2.36. The summed E-state index contributed by atoms with van der Waals surface area (Å²) in [6, 6.07) is 32.3. The average Bonchev–Trinajstić information content (AvgIpc) is 2.93. The predicted molar refractivity (Wildman–Crippen MR) is 171 cm³/mol. The molecule has 3 aromatic carbocycles. The quantitative estimate of drug-likeness (QED) is 0.291. The van der Waals surface area contributed by atoms with Gasteiger partial charge in [-0.25, -0.2) is 4.79 Å². The number of nitrogens with zero attached hydrogens (tertiary/aromatic N) is 2. The van der Waals surface area contributed by atoms with E-state index in [4.69, 9.17) is 9.16 Å². The first-order chi connectivity index (χ1) is 19.4. The van der Waals surface area contributed by atoms with Crippen LogP contribution < -0.4 is 10.4 Å². The Kier molecular flexibility index (Phi) is 9.78. The summed E-state index contributed by atoms with van der Waals surface area (Å²) in [6.07, 6.45) is 1.48. The Balaban J connectivity index is 1.66. The maximum absolute atomic E-state index is 13.5. The van der Waals surface area contributed by atoms with Crippen LogP contribution in [0, 0.1) is 0 Å². The molecule has 1 amide bonds. The number of ether oxygens (including phenoxy) is 1. The molecule has 4 rings (SSSR count). The highest BCUT2D eigenvalue weighted by molar-refractivity contribution is 6.99. The van der Waals surface area contributed by atoms with Crippen LogP contribution in [-0.4, -0.2) is 62.1 Å². The van der Waals surface area contributed by atoms with Crippen molar-refractivity contribution < 1.29 is 14.0 Å². The third kappa shape index (κ3) is 7.48. The highest BCUT2D eigenvalue weighted by Crippen LogP contribution is 2.37. The fourth-order valence-electron chi connectivity index (χ4n) is 6.13. The fraction of sp³-hybridized carbons (Fsp3) is 0.457. The van der Waals surface area contributed by atoms with Crippen LogP contribution in [0.2, 0.25) is 5.04 Å². The topological polar surface area (TPSA) is 42.0 Å². The number of amides is 1. The number of hydrogen-bond donors (Lipinski definition) is 0. The third-order valence-electron chi connectivity index (χ3n) is 8.12. The van der Waals surface area contributed by atoms with Crippen molar-refractivity contribution in [3.63, 3.8) is 0 Å². The van der Waals surface area contributed by atoms with Gasteiger partial charge in [0.05, 0.1) is 12.6 Å². The second-order valence-electron chi connectivity index (χ2n) is 13.4. The van der Waals surface area contributed by atoms with Gasteiger partial charge in [0.15, 0.2) is 0 Å². The lowest BCUT2D eigenvalue weighted by molar-refractivity contribution is -0.00839. The first-order valence-corrected chi connectivity index (χ1v) is 16.8. The van der Waals surface area contributed by atoms with Crippen molar-refractivity contribution in [1.29, 1.82) is 0 Å². The summed E-state index contributed by atoms with van der Waals surface area (Å²) < 4.78 is 13.2. The molecule has 220 valence electrons. The van der Waals surface area contributed by atoms with Crippen molar-refractivity contribution in [3.05, 3.63) is 96.6 Å². The second-order valence-corrected chi connectivity index (χ2v) is 17.7. The van der Waals surface area contributed by atoms with Crippen molar-refractivity contribution >= 4 is 24.8 Å². The second kappa shape index (κ2) is 12.9. The van der Waals surface area contributed by atoms with Gasteiger partial charge in [-0.05, 0) is 61.6 Å². The number of carbonyl (C=O) groups excluding carboxylic acids is 1. The smallest absolute Gasteiger partial charge is 0.410 e. The molecule has 2 atom stereocenters. The maximum Gasteiger partial charge on any atom is 0.410 e. The molecular weight excluding hydrogens is 524 g/mol. The summed E-state index contributed by atoms with van der Waals surface area (Å²) in [4.78, 5) is 17.9. The molecule has 0 aromatic heterocycles. The monoisotopic (exact) mass is 572 g/mol. The summed E-state index contributed by atoms with van der Waals surface area (Å²) in [5.41, 5.74) is 0.742. The van der Waals surface area contributed by atoms with Crippen molar-refractivity contribution in [1.82, 2.24) is 9.80 Å². The van der Waals surface area contributed by atoms with E-state index in [1.807, 2.05) is 25.7 Å². The molecule has 5 nitrogen and oxygen atoms in total. The summed E-state index contributed by atoms with van der Waals surface area (Å²) in [5.74, 6) is 0. The molecule has 6 heteroatoms. The summed E-state index contributed by atoms with van der Waals surface area (Å²) in [6.45, 7) is 14.7. The molecule has 1 heterocycles. The molecule has 1 aliphatic heterocycles. The molecule has 0 aliphatic carbocycles. The molecule has 0 radical (unpaired) electrons. The van der Waals surface area contributed by atoms with Crippen molar-refractivity contribution in [2.45, 2.75) is 83.7 Å². The van der Waals surface area contributed by atoms with Gasteiger partial charge in [0.1, 0.15) is 5.60 Å². The van der Waals surface area contributed by atoms with Gasteiger partial charge >= 0.3 is 6.09 Å². The van der Waals surface area contributed by atoms with Crippen LogP contribution in [0.4, 0.5) is 4.79 Å². The van der Waals surface area contributed by atoms with Gasteiger partial charge in [-0.2, -0.15) is 0 Å². The van der Waals surface area contributed by atoms with E-state index >= 15 is 0 Å². The number of carbonyl (C=O) groups is 1. The lowest BCUT2D eigenvalue weighted by Gasteiger charge is -2.47. The minimum absolute atomic E-state index is 0.0940. The number of hydrogen-bond acceptors (Lipinski definition) is 4. The van der Waals surface area contributed by atoms with E-state index in [1.165, 1.54) is 15.9 Å². The van der Waals surface area contributed by atoms with E-state index in [2.05, 4.69) is 124 Å². The molecule has 0 bridgehead atoms. The third-order valence-corrected chi connectivity index (χ3v) is 13.1. The Bertz CT molecular complexity index is 1200. The molecule has 1 saturated heterocycles. The Morgan fingerprint density at radius 1 is 0.854 bits per heavy atom. The van der Waals surface area contributed by atoms with E-state index in [0.717, 1.165) is 19.4 Å². The van der Waals surface area contributed by atoms with Crippen LogP contribution in [-0.2, 0) is 15.7 Å². The summed E-state index contributed by atoms with van der Waals surface area (Å²) in [7, 11) is -0.552. The predicted octanol–water partition coefficient (Wildman–Crippen LogP) is 6.46. The molecular formula is C35H48N2O3Si. The first-order valence-electron chi connectivity index (χ1n) is 14.9. The lowest BCUT2D eigenvalue weighted by Crippen LogP contribution is -2.68. The largest absolute Gasteiger partial charge is 0.444 e. The number of rotatable bonds is 8. The molecule has 0 saturated carbocycles. The van der Waals surface area contributed by atoms with E-state index in [9.17, 15) is 4.79 Å². The van der Waals surface area contributed by atoms with Gasteiger partial charge in [0.2, 0.25) is 0 Å². The minimum atomic E-state index is -2.75. The van der Waals surface area contributed by atoms with Gasteiger partial charge in [-0.15, -0.1) is 0 Å². The number of benzene rings is 3. The average molecular weight is 573 g/mol. The number of likely N-dealkylation sites (tertiary alicyclic amines) is 1. The minimum Gasteiger partial charge on any atom is -0.444 e. The van der Waals surface area contributed by atoms with Crippen LogP contribution in [0.15, 0.2) is 91.0 Å². The van der Waals surface area contributed by atoms with Gasteiger partial charge < -0.3 is 14.1 Å². The van der Waals surface area contributed by atoms with Gasteiger partial charge in [0.25, 0.3) is 8.32 Å². The SMILES string of the molecule is CN(Cc1ccccc1)C1CCN(C(=O)OC(C)(C)C)C(CO[Si](c2ccccc2)(c2ccccc2)C(C)(C)C)C1. The Labute approximate surface area is 248 Å². The Morgan fingerprint density at radius 2 is 1.37 bits per heavy atom. The van der Waals surface area contributed by atoms with E-state index < -0.39 is 13.9 Å². The van der Waals surface area contributed by atoms with Crippen LogP contribution in [0.3, 0.4) is 0 Å². The van der Waals surface area contributed by atoms with E-state index in [0.29, 0.717) is 19.2 Å². The molecule has 0 N–H and O–H groups in total. The van der Waals surface area contributed by atoms with Crippen molar-refractivity contribution in [2.75, 3.05) is 20.2 Å². The lowest BCUT2D eigenvalue weighted by atomic mass is 9.96. The molecule has 0 spiro atoms. The van der Waals surface area contributed by atoms with Gasteiger partial charge in [-0.1, -0.05) is 112 Å². The van der Waals surface area contributed by atoms with E-state index in [-0.39, 0.29) is 17.2 Å². The van der Waals surface area contributed by atoms with Gasteiger partial charge in [0, 0.05) is 19.1 Å². The van der Waals surface area contributed by atoms with Crippen molar-refractivity contribution in [3.8, 4) is 0 Å². The highest BCUT2D eigenvalue weighted by atomic mass is 28.4. The Morgan fingerprint density at radius 3 is 1.85 bits per heavy atom. The molecule has 41 heavy (non-hydrogen) atoms. The fourth-order valence-corrected chi connectivity index (χ4v) is 10.7. The molecule has 1 aliphatic rings. The Hall–Kier alpha value is -2.93. The molecule has 2 unspecified atom stereocenters. The zero-order chi connectivity index (χ0) is 29.7. The maximum atomic E-state index is 13.5. The zero-order valence-corrected chi connectivity index (χ0v) is 27.0. The number of piperidine rings is 1. The summed E-state index contributed by atoms with van der Waals surface area (Å²) >= 11 is 0. The van der Waals surface area contributed by atoms with Crippen molar-refractivity contribution in [2.24, 2.45) is 0 Å².